The Morgan fingerprint density at radius 3 is 2.70 bits per heavy atom. The minimum atomic E-state index is -1.05. The standard InChI is InChI=1S/C14H13NO5/c1-2-12-11(8-15-20-12)13(16)19-14(17)18-9-10-6-4-3-5-7-10/h3-8H,2,9H2,1H3. The number of aromatic nitrogens is 1. The van der Waals surface area contributed by atoms with Crippen LogP contribution in [0.5, 0.6) is 0 Å². The van der Waals surface area contributed by atoms with Gasteiger partial charge in [0.15, 0.2) is 5.76 Å². The third-order valence-electron chi connectivity index (χ3n) is 2.56. The second kappa shape index (κ2) is 6.51. The molecule has 6 heteroatoms. The Balaban J connectivity index is 1.87. The van der Waals surface area contributed by atoms with Crippen LogP contribution in [-0.4, -0.2) is 17.3 Å². The van der Waals surface area contributed by atoms with Crippen LogP contribution < -0.4 is 0 Å². The summed E-state index contributed by atoms with van der Waals surface area (Å²) in [5.74, 6) is -0.466. The first-order valence-electron chi connectivity index (χ1n) is 6.07. The number of aryl methyl sites for hydroxylation is 1. The quantitative estimate of drug-likeness (QED) is 0.630. The molecule has 1 aromatic heterocycles. The highest BCUT2D eigenvalue weighted by molar-refractivity contribution is 5.95. The van der Waals surface area contributed by atoms with E-state index in [0.29, 0.717) is 12.2 Å². The van der Waals surface area contributed by atoms with Crippen molar-refractivity contribution in [3.05, 3.63) is 53.4 Å². The second-order valence-electron chi connectivity index (χ2n) is 3.93. The van der Waals surface area contributed by atoms with Gasteiger partial charge in [-0.15, -0.1) is 0 Å². The van der Waals surface area contributed by atoms with Crippen molar-refractivity contribution in [3.63, 3.8) is 0 Å². The SMILES string of the molecule is CCc1oncc1C(=O)OC(=O)OCc1ccccc1. The molecule has 1 aromatic carbocycles. The summed E-state index contributed by atoms with van der Waals surface area (Å²) >= 11 is 0. The molecule has 6 nitrogen and oxygen atoms in total. The Morgan fingerprint density at radius 1 is 1.25 bits per heavy atom. The average molecular weight is 275 g/mol. The molecule has 0 spiro atoms. The fourth-order valence-corrected chi connectivity index (χ4v) is 1.56. The maximum absolute atomic E-state index is 11.7. The minimum absolute atomic E-state index is 0.0389. The molecule has 0 aliphatic rings. The van der Waals surface area contributed by atoms with Crippen LogP contribution in [0.25, 0.3) is 0 Å². The van der Waals surface area contributed by atoms with E-state index in [1.54, 1.807) is 19.1 Å². The second-order valence-corrected chi connectivity index (χ2v) is 3.93. The molecule has 0 N–H and O–H groups in total. The number of carbonyl (C=O) groups excluding carboxylic acids is 2. The first-order chi connectivity index (χ1) is 9.70. The predicted molar refractivity (Wildman–Crippen MR) is 67.9 cm³/mol. The Labute approximate surface area is 115 Å². The van der Waals surface area contributed by atoms with E-state index in [-0.39, 0.29) is 12.2 Å². The number of carbonyl (C=O) groups is 2. The Kier molecular flexibility index (Phi) is 4.49. The van der Waals surface area contributed by atoms with Crippen molar-refractivity contribution in [1.29, 1.82) is 0 Å². The first kappa shape index (κ1) is 13.8. The van der Waals surface area contributed by atoms with E-state index in [9.17, 15) is 9.59 Å². The first-order valence-corrected chi connectivity index (χ1v) is 6.07. The zero-order valence-corrected chi connectivity index (χ0v) is 10.9. The van der Waals surface area contributed by atoms with Crippen LogP contribution in [0.15, 0.2) is 41.1 Å². The Bertz CT molecular complexity index is 591. The molecule has 0 atom stereocenters. The van der Waals surface area contributed by atoms with Crippen LogP contribution in [0.2, 0.25) is 0 Å². The van der Waals surface area contributed by atoms with Gasteiger partial charge in [-0.1, -0.05) is 42.4 Å². The van der Waals surface area contributed by atoms with Gasteiger partial charge in [-0.3, -0.25) is 0 Å². The summed E-state index contributed by atoms with van der Waals surface area (Å²) in [5, 5.41) is 3.49. The van der Waals surface area contributed by atoms with Crippen molar-refractivity contribution in [2.45, 2.75) is 20.0 Å². The van der Waals surface area contributed by atoms with E-state index in [1.807, 2.05) is 18.2 Å². The lowest BCUT2D eigenvalue weighted by molar-refractivity contribution is 0.0359. The van der Waals surface area contributed by atoms with Crippen LogP contribution in [0, 0.1) is 0 Å². The van der Waals surface area contributed by atoms with E-state index in [2.05, 4.69) is 9.89 Å². The fraction of sp³-hybridized carbons (Fsp3) is 0.214. The number of benzene rings is 1. The molecule has 0 amide bonds. The summed E-state index contributed by atoms with van der Waals surface area (Å²) in [6.45, 7) is 1.84. The summed E-state index contributed by atoms with van der Waals surface area (Å²) in [6.07, 6.45) is 0.636. The van der Waals surface area contributed by atoms with E-state index in [1.165, 1.54) is 6.20 Å². The zero-order valence-electron chi connectivity index (χ0n) is 10.9. The molecular formula is C14H13NO5. The molecule has 2 aromatic rings. The van der Waals surface area contributed by atoms with Crippen molar-refractivity contribution in [2.24, 2.45) is 0 Å². The highest BCUT2D eigenvalue weighted by Crippen LogP contribution is 2.11. The van der Waals surface area contributed by atoms with Gasteiger partial charge in [0.2, 0.25) is 0 Å². The average Bonchev–Trinajstić information content (AvgIpc) is 2.95. The molecule has 0 radical (unpaired) electrons. The largest absolute Gasteiger partial charge is 0.516 e. The van der Waals surface area contributed by atoms with Gasteiger partial charge in [0.05, 0.1) is 6.20 Å². The molecule has 1 heterocycles. The van der Waals surface area contributed by atoms with Gasteiger partial charge in [-0.05, 0) is 5.56 Å². The van der Waals surface area contributed by atoms with Gasteiger partial charge >= 0.3 is 12.1 Å². The van der Waals surface area contributed by atoms with Gasteiger partial charge in [-0.25, -0.2) is 9.59 Å². The van der Waals surface area contributed by atoms with E-state index in [0.717, 1.165) is 5.56 Å². The Hall–Kier alpha value is -2.63. The Morgan fingerprint density at radius 2 is 2.00 bits per heavy atom. The highest BCUT2D eigenvalue weighted by atomic mass is 16.7. The van der Waals surface area contributed by atoms with Crippen LogP contribution >= 0.6 is 0 Å². The van der Waals surface area contributed by atoms with Gasteiger partial charge in [0.25, 0.3) is 0 Å². The summed E-state index contributed by atoms with van der Waals surface area (Å²) in [7, 11) is 0. The van der Waals surface area contributed by atoms with Gasteiger partial charge in [0, 0.05) is 6.42 Å². The summed E-state index contributed by atoms with van der Waals surface area (Å²) in [4.78, 5) is 23.1. The third kappa shape index (κ3) is 3.44. The van der Waals surface area contributed by atoms with Crippen molar-refractivity contribution < 1.29 is 23.6 Å². The van der Waals surface area contributed by atoms with E-state index in [4.69, 9.17) is 9.26 Å². The van der Waals surface area contributed by atoms with Crippen molar-refractivity contribution in [3.8, 4) is 0 Å². The van der Waals surface area contributed by atoms with E-state index < -0.39 is 12.1 Å². The highest BCUT2D eigenvalue weighted by Gasteiger charge is 2.20. The van der Waals surface area contributed by atoms with Crippen molar-refractivity contribution in [1.82, 2.24) is 5.16 Å². The molecular weight excluding hydrogens is 262 g/mol. The molecule has 20 heavy (non-hydrogen) atoms. The molecule has 2 rings (SSSR count). The summed E-state index contributed by atoms with van der Waals surface area (Å²) in [5.41, 5.74) is 0.931. The topological polar surface area (TPSA) is 78.6 Å². The minimum Gasteiger partial charge on any atom is -0.429 e. The van der Waals surface area contributed by atoms with Gasteiger partial charge in [-0.2, -0.15) is 0 Å². The maximum Gasteiger partial charge on any atom is 0.516 e. The number of hydrogen-bond donors (Lipinski definition) is 0. The smallest absolute Gasteiger partial charge is 0.429 e. The van der Waals surface area contributed by atoms with Crippen LogP contribution in [0.1, 0.15) is 28.6 Å². The third-order valence-corrected chi connectivity index (χ3v) is 2.56. The fourth-order valence-electron chi connectivity index (χ4n) is 1.56. The lowest BCUT2D eigenvalue weighted by atomic mass is 10.2. The number of hydrogen-bond acceptors (Lipinski definition) is 6. The van der Waals surface area contributed by atoms with Crippen molar-refractivity contribution in [2.75, 3.05) is 0 Å². The van der Waals surface area contributed by atoms with Crippen LogP contribution in [-0.2, 0) is 22.5 Å². The molecule has 0 saturated carbocycles. The lowest BCUT2D eigenvalue weighted by Gasteiger charge is -2.04. The normalized spacial score (nSPS) is 10.1. The summed E-state index contributed by atoms with van der Waals surface area (Å²) < 4.78 is 14.2. The number of ether oxygens (including phenoxy) is 2. The number of nitrogens with zero attached hydrogens (tertiary/aromatic N) is 1. The van der Waals surface area contributed by atoms with Crippen molar-refractivity contribution >= 4 is 12.1 Å². The molecule has 104 valence electrons. The molecule has 0 aliphatic carbocycles. The van der Waals surface area contributed by atoms with Crippen LogP contribution in [0.4, 0.5) is 4.79 Å². The zero-order chi connectivity index (χ0) is 14.4. The molecule has 0 aliphatic heterocycles. The molecule has 0 bridgehead atoms. The monoisotopic (exact) mass is 275 g/mol. The molecule has 0 unspecified atom stereocenters. The maximum atomic E-state index is 11.7. The molecule has 0 fully saturated rings. The summed E-state index contributed by atoms with van der Waals surface area (Å²) in [6, 6.07) is 9.08. The van der Waals surface area contributed by atoms with E-state index >= 15 is 0 Å². The number of rotatable bonds is 4. The van der Waals surface area contributed by atoms with Gasteiger partial charge < -0.3 is 14.0 Å². The predicted octanol–water partition coefficient (Wildman–Crippen LogP) is 2.73. The lowest BCUT2D eigenvalue weighted by Crippen LogP contribution is -2.14. The van der Waals surface area contributed by atoms with Crippen LogP contribution in [0.3, 0.4) is 0 Å². The van der Waals surface area contributed by atoms with Gasteiger partial charge in [0.1, 0.15) is 12.2 Å². The molecule has 0 saturated heterocycles. The number of esters is 1.